The largest absolute Gasteiger partial charge is 0.394 e. The molecule has 0 aliphatic carbocycles. The molecule has 0 saturated carbocycles. The van der Waals surface area contributed by atoms with Gasteiger partial charge in [-0.3, -0.25) is 0 Å². The van der Waals surface area contributed by atoms with Crippen LogP contribution in [0.1, 0.15) is 0 Å². The van der Waals surface area contributed by atoms with Crippen LogP contribution in [0.4, 0.5) is 0 Å². The van der Waals surface area contributed by atoms with Crippen molar-refractivity contribution in [3.05, 3.63) is 0 Å². The highest BCUT2D eigenvalue weighted by atomic mass is 79.9. The zero-order valence-corrected chi connectivity index (χ0v) is 15.0. The van der Waals surface area contributed by atoms with E-state index in [1.54, 1.807) is 21.3 Å². The molecule has 1 aliphatic heterocycles. The quantitative estimate of drug-likeness (QED) is 0.588. The Morgan fingerprint density at radius 1 is 1.10 bits per heavy atom. The van der Waals surface area contributed by atoms with Crippen molar-refractivity contribution in [3.8, 4) is 0 Å². The van der Waals surface area contributed by atoms with E-state index in [1.807, 2.05) is 0 Å². The van der Waals surface area contributed by atoms with Crippen molar-refractivity contribution in [3.63, 3.8) is 0 Å². The molecular weight excluding hydrogens is 400 g/mol. The van der Waals surface area contributed by atoms with Gasteiger partial charge in [-0.15, -0.1) is 0 Å². The third kappa shape index (κ3) is 4.61. The zero-order valence-electron chi connectivity index (χ0n) is 11.8. The van der Waals surface area contributed by atoms with Gasteiger partial charge in [0, 0.05) is 31.5 Å². The first kappa shape index (κ1) is 18.8. The molecule has 0 unspecified atom stereocenters. The average molecular weight is 422 g/mol. The van der Waals surface area contributed by atoms with E-state index in [-0.39, 0.29) is 17.5 Å². The molecule has 8 heteroatoms. The lowest BCUT2D eigenvalue weighted by atomic mass is 9.98. The number of methoxy groups -OCH3 is 3. The van der Waals surface area contributed by atoms with E-state index in [0.29, 0.717) is 6.61 Å². The Hall–Kier alpha value is 0.720. The molecule has 0 amide bonds. The third-order valence-corrected chi connectivity index (χ3v) is 5.43. The number of aliphatic hydroxyl groups excluding tert-OH is 1. The molecule has 1 heterocycles. The zero-order chi connectivity index (χ0) is 15.1. The van der Waals surface area contributed by atoms with Gasteiger partial charge in [0.15, 0.2) is 6.29 Å². The normalized spacial score (nSPS) is 36.0. The van der Waals surface area contributed by atoms with Crippen LogP contribution in [0.2, 0.25) is 0 Å². The first-order valence-electron chi connectivity index (χ1n) is 6.29. The second kappa shape index (κ2) is 9.68. The van der Waals surface area contributed by atoms with Crippen LogP contribution in [0.5, 0.6) is 0 Å². The third-order valence-electron chi connectivity index (χ3n) is 3.20. The number of rotatable bonds is 8. The minimum absolute atomic E-state index is 0.164. The standard InChI is InChI=1S/C12H22Br2O6/c1-16-9-8(5-15)20-12(19-6-7(14)4-13)11(18-3)10(9)17-2/h7-12,15H,4-6H2,1-3H3/t7-,8+,9-,10-,11+,12-/m0/s1. The van der Waals surface area contributed by atoms with E-state index in [0.717, 1.165) is 5.33 Å². The molecule has 1 saturated heterocycles. The lowest BCUT2D eigenvalue weighted by molar-refractivity contribution is -0.312. The Bertz CT molecular complexity index is 270. The highest BCUT2D eigenvalue weighted by molar-refractivity contribution is 9.12. The maximum absolute atomic E-state index is 9.43. The predicted octanol–water partition coefficient (Wildman–Crippen LogP) is 0.924. The highest BCUT2D eigenvalue weighted by Crippen LogP contribution is 2.28. The van der Waals surface area contributed by atoms with E-state index in [9.17, 15) is 5.11 Å². The van der Waals surface area contributed by atoms with Gasteiger partial charge in [0.25, 0.3) is 0 Å². The summed E-state index contributed by atoms with van der Waals surface area (Å²) >= 11 is 6.82. The van der Waals surface area contributed by atoms with Gasteiger partial charge in [0.1, 0.15) is 24.4 Å². The molecule has 0 aromatic rings. The van der Waals surface area contributed by atoms with Gasteiger partial charge in [-0.25, -0.2) is 0 Å². The van der Waals surface area contributed by atoms with Gasteiger partial charge in [0.05, 0.1) is 13.2 Å². The van der Waals surface area contributed by atoms with E-state index in [2.05, 4.69) is 31.9 Å². The molecule has 1 fully saturated rings. The van der Waals surface area contributed by atoms with Crippen molar-refractivity contribution >= 4 is 31.9 Å². The number of aliphatic hydroxyl groups is 1. The van der Waals surface area contributed by atoms with Crippen LogP contribution in [0.15, 0.2) is 0 Å². The molecule has 1 N–H and O–H groups in total. The molecule has 0 spiro atoms. The van der Waals surface area contributed by atoms with Crippen molar-refractivity contribution in [1.82, 2.24) is 0 Å². The highest BCUT2D eigenvalue weighted by Gasteiger charge is 2.47. The Morgan fingerprint density at radius 2 is 1.70 bits per heavy atom. The van der Waals surface area contributed by atoms with Crippen molar-refractivity contribution < 1.29 is 28.8 Å². The molecule has 6 atom stereocenters. The summed E-state index contributed by atoms with van der Waals surface area (Å²) in [5.74, 6) is 0. The van der Waals surface area contributed by atoms with E-state index < -0.39 is 24.6 Å². The fourth-order valence-corrected chi connectivity index (χ4v) is 2.54. The Balaban J connectivity index is 2.77. The van der Waals surface area contributed by atoms with Crippen LogP contribution in [0.3, 0.4) is 0 Å². The SMILES string of the molecule is CO[C@H]1[C@@H](OC)[C@@H](CO)O[C@H](OC[C@@H](Br)CBr)[C@@H]1OC. The van der Waals surface area contributed by atoms with E-state index in [1.165, 1.54) is 0 Å². The summed E-state index contributed by atoms with van der Waals surface area (Å²) in [5.41, 5.74) is 0. The van der Waals surface area contributed by atoms with Gasteiger partial charge in [0.2, 0.25) is 0 Å². The smallest absolute Gasteiger partial charge is 0.186 e. The number of hydrogen-bond donors (Lipinski definition) is 1. The number of halogens is 2. The second-order valence-corrected chi connectivity index (χ2v) is 6.35. The van der Waals surface area contributed by atoms with Gasteiger partial charge in [-0.2, -0.15) is 0 Å². The minimum atomic E-state index is -0.618. The van der Waals surface area contributed by atoms with Crippen molar-refractivity contribution in [1.29, 1.82) is 0 Å². The molecule has 0 radical (unpaired) electrons. The summed E-state index contributed by atoms with van der Waals surface area (Å²) in [6.07, 6.45) is -2.35. The molecule has 20 heavy (non-hydrogen) atoms. The average Bonchev–Trinajstić information content (AvgIpc) is 2.50. The maximum atomic E-state index is 9.43. The van der Waals surface area contributed by atoms with Gasteiger partial charge >= 0.3 is 0 Å². The summed E-state index contributed by atoms with van der Waals surface area (Å²) in [5, 5.41) is 10.2. The topological polar surface area (TPSA) is 66.4 Å². The fraction of sp³-hybridized carbons (Fsp3) is 1.00. The van der Waals surface area contributed by atoms with Crippen molar-refractivity contribution in [2.45, 2.75) is 35.5 Å². The Morgan fingerprint density at radius 3 is 2.15 bits per heavy atom. The molecule has 120 valence electrons. The first-order chi connectivity index (χ1) is 9.62. The summed E-state index contributed by atoms with van der Waals surface area (Å²) < 4.78 is 27.7. The van der Waals surface area contributed by atoms with Crippen LogP contribution >= 0.6 is 31.9 Å². The summed E-state index contributed by atoms with van der Waals surface area (Å²) in [4.78, 5) is 0.164. The van der Waals surface area contributed by atoms with E-state index >= 15 is 0 Å². The number of alkyl halides is 2. The van der Waals surface area contributed by atoms with Crippen LogP contribution in [-0.2, 0) is 23.7 Å². The van der Waals surface area contributed by atoms with Crippen LogP contribution in [0.25, 0.3) is 0 Å². The molecule has 0 aromatic heterocycles. The Labute approximate surface area is 136 Å². The number of hydrogen-bond acceptors (Lipinski definition) is 6. The molecule has 1 rings (SSSR count). The second-order valence-electron chi connectivity index (χ2n) is 4.41. The monoisotopic (exact) mass is 420 g/mol. The molecular formula is C12H22Br2O6. The molecule has 0 aromatic carbocycles. The molecule has 0 bridgehead atoms. The lowest BCUT2D eigenvalue weighted by Gasteiger charge is -2.44. The van der Waals surface area contributed by atoms with E-state index in [4.69, 9.17) is 23.7 Å². The minimum Gasteiger partial charge on any atom is -0.394 e. The van der Waals surface area contributed by atoms with Gasteiger partial charge in [-0.05, 0) is 0 Å². The van der Waals surface area contributed by atoms with Gasteiger partial charge < -0.3 is 28.8 Å². The Kier molecular flexibility index (Phi) is 9.08. The van der Waals surface area contributed by atoms with Crippen LogP contribution in [-0.4, -0.2) is 80.5 Å². The molecule has 1 aliphatic rings. The summed E-state index contributed by atoms with van der Waals surface area (Å²) in [7, 11) is 4.69. The lowest BCUT2D eigenvalue weighted by Crippen LogP contribution is -2.61. The van der Waals surface area contributed by atoms with Crippen LogP contribution in [0, 0.1) is 0 Å². The molecule has 6 nitrogen and oxygen atoms in total. The first-order valence-corrected chi connectivity index (χ1v) is 8.32. The van der Waals surface area contributed by atoms with Crippen molar-refractivity contribution in [2.24, 2.45) is 0 Å². The fourth-order valence-electron chi connectivity index (χ4n) is 2.20. The van der Waals surface area contributed by atoms with Gasteiger partial charge in [-0.1, -0.05) is 31.9 Å². The number of ether oxygens (including phenoxy) is 5. The summed E-state index contributed by atoms with van der Waals surface area (Å²) in [6.45, 7) is 0.271. The summed E-state index contributed by atoms with van der Waals surface area (Å²) in [6, 6.07) is 0. The maximum Gasteiger partial charge on any atom is 0.186 e. The predicted molar refractivity (Wildman–Crippen MR) is 80.6 cm³/mol. The van der Waals surface area contributed by atoms with Crippen LogP contribution < -0.4 is 0 Å². The van der Waals surface area contributed by atoms with Crippen molar-refractivity contribution in [2.75, 3.05) is 39.9 Å².